The summed E-state index contributed by atoms with van der Waals surface area (Å²) in [6.45, 7) is 4.63. The molecule has 0 atom stereocenters. The van der Waals surface area contributed by atoms with Gasteiger partial charge in [-0.05, 0) is 65.1 Å². The molecule has 1 N–H and O–H groups in total. The molecule has 1 aliphatic rings. The van der Waals surface area contributed by atoms with Crippen LogP contribution >= 0.6 is 0 Å². The van der Waals surface area contributed by atoms with Crippen molar-refractivity contribution in [2.75, 3.05) is 25.0 Å². The highest BCUT2D eigenvalue weighted by molar-refractivity contribution is 7.86. The molecule has 43 heavy (non-hydrogen) atoms. The summed E-state index contributed by atoms with van der Waals surface area (Å²) in [5.74, 6) is 0. The number of hydrogen-bond acceptors (Lipinski definition) is 3. The molecule has 0 aliphatic heterocycles. The summed E-state index contributed by atoms with van der Waals surface area (Å²) in [6, 6.07) is 35.6. The van der Waals surface area contributed by atoms with Crippen LogP contribution in [0, 0.1) is 0 Å². The lowest BCUT2D eigenvalue weighted by molar-refractivity contribution is -0.495. The van der Waals surface area contributed by atoms with Gasteiger partial charge in [0.05, 0.1) is 0 Å². The summed E-state index contributed by atoms with van der Waals surface area (Å²) in [7, 11) is -2.37. The Labute approximate surface area is 255 Å². The van der Waals surface area contributed by atoms with Crippen LogP contribution in [0.5, 0.6) is 0 Å². The normalized spacial score (nSPS) is 12.8. The summed E-state index contributed by atoms with van der Waals surface area (Å²) in [4.78, 5) is 2.18. The van der Waals surface area contributed by atoms with Crippen LogP contribution in [0.25, 0.3) is 5.57 Å². The number of allylic oxidation sites excluding steroid dienone is 5. The predicted octanol–water partition coefficient (Wildman–Crippen LogP) is 7.21. The van der Waals surface area contributed by atoms with Gasteiger partial charge in [-0.15, -0.1) is 0 Å². The van der Waals surface area contributed by atoms with Crippen molar-refractivity contribution in [2.45, 2.75) is 24.8 Å². The van der Waals surface area contributed by atoms with E-state index in [0.29, 0.717) is 5.56 Å². The van der Waals surface area contributed by atoms with E-state index in [1.807, 2.05) is 48.6 Å². The van der Waals surface area contributed by atoms with E-state index in [2.05, 4.69) is 84.1 Å². The molecule has 0 unspecified atom stereocenters. The molecule has 218 valence electrons. The maximum absolute atomic E-state index is 12.4. The molecule has 5 nitrogen and oxygen atoms in total. The van der Waals surface area contributed by atoms with Gasteiger partial charge in [0.15, 0.2) is 5.71 Å². The Morgan fingerprint density at radius 2 is 1.33 bits per heavy atom. The monoisotopic (exact) mass is 589 g/mol. The van der Waals surface area contributed by atoms with Crippen molar-refractivity contribution in [3.63, 3.8) is 0 Å². The highest BCUT2D eigenvalue weighted by Gasteiger charge is 2.22. The third-order valence-corrected chi connectivity index (χ3v) is 8.64. The third-order valence-electron chi connectivity index (χ3n) is 7.73. The number of nitrogens with zero attached hydrogens (tertiary/aromatic N) is 2. The van der Waals surface area contributed by atoms with Crippen LogP contribution < -0.4 is 4.90 Å². The van der Waals surface area contributed by atoms with Crippen molar-refractivity contribution in [2.24, 2.45) is 0 Å². The second kappa shape index (κ2) is 13.6. The summed E-state index contributed by atoms with van der Waals surface area (Å²) < 4.78 is 37.2. The van der Waals surface area contributed by atoms with Gasteiger partial charge in [-0.2, -0.15) is 8.42 Å². The third kappa shape index (κ3) is 7.47. The topological polar surface area (TPSA) is 60.6 Å². The van der Waals surface area contributed by atoms with Gasteiger partial charge in [0.2, 0.25) is 0 Å². The average Bonchev–Trinajstić information content (AvgIpc) is 3.04. The first-order valence-corrected chi connectivity index (χ1v) is 16.0. The van der Waals surface area contributed by atoms with E-state index in [1.165, 1.54) is 17.2 Å². The zero-order chi connectivity index (χ0) is 30.2. The summed E-state index contributed by atoms with van der Waals surface area (Å²) in [6.07, 6.45) is 9.09. The lowest BCUT2D eigenvalue weighted by Crippen LogP contribution is -2.21. The van der Waals surface area contributed by atoms with Crippen LogP contribution in [-0.4, -0.2) is 43.4 Å². The highest BCUT2D eigenvalue weighted by atomic mass is 32.2. The van der Waals surface area contributed by atoms with E-state index in [4.69, 9.17) is 0 Å². The Morgan fingerprint density at radius 3 is 1.93 bits per heavy atom. The molecule has 0 amide bonds. The number of benzene rings is 4. The Balaban J connectivity index is 1.51. The first kappa shape index (κ1) is 30.0. The fourth-order valence-electron chi connectivity index (χ4n) is 5.36. The van der Waals surface area contributed by atoms with Gasteiger partial charge >= 0.3 is 0 Å². The summed E-state index contributed by atoms with van der Waals surface area (Å²) >= 11 is 0. The molecular weight excluding hydrogens is 552 g/mol. The lowest BCUT2D eigenvalue weighted by Gasteiger charge is -2.24. The molecule has 0 radical (unpaired) electrons. The summed E-state index contributed by atoms with van der Waals surface area (Å²) in [5, 5.41) is 0. The molecule has 0 heterocycles. The smallest absolute Gasteiger partial charge is 0.295 e. The molecule has 4 aromatic carbocycles. The van der Waals surface area contributed by atoms with Crippen molar-refractivity contribution in [3.05, 3.63) is 161 Å². The number of likely N-dealkylation sites (N-methyl/N-ethyl adjacent to an activating group) is 1. The molecule has 0 saturated carbocycles. The fourth-order valence-corrected chi connectivity index (χ4v) is 6.06. The molecule has 0 bridgehead atoms. The van der Waals surface area contributed by atoms with E-state index in [9.17, 15) is 13.0 Å². The minimum atomic E-state index is -4.45. The Hall–Kier alpha value is -4.52. The Morgan fingerprint density at radius 1 is 0.744 bits per heavy atom. The zero-order valence-corrected chi connectivity index (χ0v) is 25.4. The molecule has 0 fully saturated rings. The zero-order valence-electron chi connectivity index (χ0n) is 24.6. The molecule has 0 saturated heterocycles. The minimum absolute atomic E-state index is 0.114. The van der Waals surface area contributed by atoms with Crippen LogP contribution in [0.15, 0.2) is 144 Å². The SMILES string of the molecule is CCN(Cc1ccccc1)c1ccc(C(=C2C=CC(=[N+](C)CCc3ccccc3)C=C2)c2ccccc2S(=O)(=O)O)cc1. The van der Waals surface area contributed by atoms with E-state index < -0.39 is 10.1 Å². The molecule has 5 rings (SSSR count). The first-order chi connectivity index (χ1) is 20.8. The Kier molecular flexibility index (Phi) is 9.50. The molecule has 6 heteroatoms. The van der Waals surface area contributed by atoms with Gasteiger partial charge in [0, 0.05) is 42.9 Å². The van der Waals surface area contributed by atoms with E-state index >= 15 is 0 Å². The quantitative estimate of drug-likeness (QED) is 0.157. The number of hydrogen-bond donors (Lipinski definition) is 1. The van der Waals surface area contributed by atoms with Gasteiger partial charge in [-0.3, -0.25) is 4.55 Å². The predicted molar refractivity (Wildman–Crippen MR) is 176 cm³/mol. The van der Waals surface area contributed by atoms with E-state index in [1.54, 1.807) is 18.2 Å². The van der Waals surface area contributed by atoms with Crippen molar-refractivity contribution < 1.29 is 17.5 Å². The first-order valence-electron chi connectivity index (χ1n) is 14.5. The van der Waals surface area contributed by atoms with E-state index in [0.717, 1.165) is 54.2 Å². The van der Waals surface area contributed by atoms with Gasteiger partial charge < -0.3 is 4.90 Å². The minimum Gasteiger partial charge on any atom is -0.367 e. The molecule has 0 aromatic heterocycles. The summed E-state index contributed by atoms with van der Waals surface area (Å²) in [5.41, 5.74) is 7.59. The molecule has 1 aliphatic carbocycles. The second-order valence-electron chi connectivity index (χ2n) is 10.6. The highest BCUT2D eigenvalue weighted by Crippen LogP contribution is 2.34. The lowest BCUT2D eigenvalue weighted by atomic mass is 9.90. The molecule has 4 aromatic rings. The average molecular weight is 590 g/mol. The maximum atomic E-state index is 12.4. The largest absolute Gasteiger partial charge is 0.367 e. The van der Waals surface area contributed by atoms with Crippen LogP contribution in [0.2, 0.25) is 0 Å². The van der Waals surface area contributed by atoms with Crippen LogP contribution in [0.4, 0.5) is 5.69 Å². The van der Waals surface area contributed by atoms with E-state index in [-0.39, 0.29) is 4.90 Å². The number of anilines is 1. The Bertz CT molecular complexity index is 1770. The van der Waals surface area contributed by atoms with Crippen molar-refractivity contribution in [3.8, 4) is 0 Å². The van der Waals surface area contributed by atoms with Crippen LogP contribution in [-0.2, 0) is 23.1 Å². The number of rotatable bonds is 10. The van der Waals surface area contributed by atoms with Crippen LogP contribution in [0.1, 0.15) is 29.2 Å². The van der Waals surface area contributed by atoms with Gasteiger partial charge in [0.1, 0.15) is 18.5 Å². The molecular formula is C37H37N2O3S+. The van der Waals surface area contributed by atoms with Gasteiger partial charge in [0.25, 0.3) is 10.1 Å². The standard InChI is InChI=1S/C37H36N2O3S/c1-3-39(28-30-14-8-5-9-15-30)34-24-20-32(21-25-34)37(35-16-10-11-17-36(35)43(40,41)42)31-18-22-33(23-19-31)38(2)27-26-29-12-6-4-7-13-29/h4-25H,3,26-28H2,1-2H3/p+1. The van der Waals surface area contributed by atoms with Crippen molar-refractivity contribution in [1.82, 2.24) is 0 Å². The van der Waals surface area contributed by atoms with Crippen molar-refractivity contribution in [1.29, 1.82) is 0 Å². The van der Waals surface area contributed by atoms with Crippen LogP contribution in [0.3, 0.4) is 0 Å². The second-order valence-corrected chi connectivity index (χ2v) is 12.0. The fraction of sp³-hybridized carbons (Fsp3) is 0.162. The molecule has 0 spiro atoms. The van der Waals surface area contributed by atoms with Crippen molar-refractivity contribution >= 4 is 27.1 Å². The van der Waals surface area contributed by atoms with Gasteiger partial charge in [-0.1, -0.05) is 91.0 Å². The van der Waals surface area contributed by atoms with Gasteiger partial charge in [-0.25, -0.2) is 4.58 Å². The maximum Gasteiger partial charge on any atom is 0.295 e.